The fourth-order valence-corrected chi connectivity index (χ4v) is 3.15. The molecule has 0 saturated heterocycles. The van der Waals surface area contributed by atoms with Crippen molar-refractivity contribution in [2.45, 2.75) is 38.6 Å². The maximum Gasteiger partial charge on any atom is 0.0317 e. The number of hydrogen-bond donors (Lipinski definition) is 1. The topological polar surface area (TPSA) is 12.0 Å². The molecule has 0 fully saturated rings. The fraction of sp³-hybridized carbons (Fsp3) is 0.412. The van der Waals surface area contributed by atoms with E-state index in [2.05, 4.69) is 61.1 Å². The Balaban J connectivity index is 1.88. The van der Waals surface area contributed by atoms with Crippen LogP contribution in [0.3, 0.4) is 0 Å². The van der Waals surface area contributed by atoms with E-state index in [1.807, 2.05) is 11.3 Å². The van der Waals surface area contributed by atoms with Gasteiger partial charge < -0.3 is 5.32 Å². The fourth-order valence-electron chi connectivity index (χ4n) is 2.40. The van der Waals surface area contributed by atoms with Crippen molar-refractivity contribution in [3.63, 3.8) is 0 Å². The van der Waals surface area contributed by atoms with E-state index in [-0.39, 0.29) is 0 Å². The first-order valence-electron chi connectivity index (χ1n) is 7.12. The van der Waals surface area contributed by atoms with E-state index in [9.17, 15) is 0 Å². The number of nitrogens with one attached hydrogen (secondary N) is 1. The van der Waals surface area contributed by atoms with E-state index in [0.29, 0.717) is 6.04 Å². The van der Waals surface area contributed by atoms with E-state index in [0.717, 1.165) is 6.42 Å². The van der Waals surface area contributed by atoms with Crippen molar-refractivity contribution in [2.24, 2.45) is 0 Å². The highest BCUT2D eigenvalue weighted by molar-refractivity contribution is 7.09. The van der Waals surface area contributed by atoms with Crippen molar-refractivity contribution < 1.29 is 0 Å². The molecule has 1 heterocycles. The van der Waals surface area contributed by atoms with Crippen LogP contribution in [0, 0.1) is 0 Å². The van der Waals surface area contributed by atoms with Crippen LogP contribution in [-0.2, 0) is 12.8 Å². The molecule has 2 rings (SSSR count). The predicted molar refractivity (Wildman–Crippen MR) is 84.9 cm³/mol. The standard InChI is InChI=1S/C17H23NS/c1-3-14-9-11-15(12-10-14)17(18-2)8-4-6-16-7-5-13-19-16/h5,7,9-13,17-18H,3-4,6,8H2,1-2H3. The zero-order valence-electron chi connectivity index (χ0n) is 11.9. The molecular formula is C17H23NS. The minimum absolute atomic E-state index is 0.478. The molecule has 1 aromatic heterocycles. The second-order valence-electron chi connectivity index (χ2n) is 4.91. The van der Waals surface area contributed by atoms with Crippen LogP contribution in [-0.4, -0.2) is 7.05 Å². The average Bonchev–Trinajstić information content (AvgIpc) is 2.97. The molecule has 0 radical (unpaired) electrons. The van der Waals surface area contributed by atoms with Crippen LogP contribution >= 0.6 is 11.3 Å². The summed E-state index contributed by atoms with van der Waals surface area (Å²) in [7, 11) is 2.06. The lowest BCUT2D eigenvalue weighted by Gasteiger charge is -2.16. The molecule has 0 spiro atoms. The molecule has 1 unspecified atom stereocenters. The van der Waals surface area contributed by atoms with Gasteiger partial charge in [0.2, 0.25) is 0 Å². The summed E-state index contributed by atoms with van der Waals surface area (Å²) in [6.07, 6.45) is 4.74. The molecule has 1 N–H and O–H groups in total. The summed E-state index contributed by atoms with van der Waals surface area (Å²) in [5.74, 6) is 0. The summed E-state index contributed by atoms with van der Waals surface area (Å²) in [4.78, 5) is 1.50. The number of aryl methyl sites for hydroxylation is 2. The molecular weight excluding hydrogens is 250 g/mol. The highest BCUT2D eigenvalue weighted by Gasteiger charge is 2.08. The van der Waals surface area contributed by atoms with Crippen molar-refractivity contribution in [3.8, 4) is 0 Å². The second-order valence-corrected chi connectivity index (χ2v) is 5.94. The van der Waals surface area contributed by atoms with Gasteiger partial charge in [-0.1, -0.05) is 37.3 Å². The SMILES string of the molecule is CCc1ccc(C(CCCc2cccs2)NC)cc1. The minimum Gasteiger partial charge on any atom is -0.313 e. The quantitative estimate of drug-likeness (QED) is 0.777. The molecule has 0 aliphatic heterocycles. The van der Waals surface area contributed by atoms with Crippen molar-refractivity contribution in [1.82, 2.24) is 5.32 Å². The molecule has 102 valence electrons. The van der Waals surface area contributed by atoms with Gasteiger partial charge in [-0.3, -0.25) is 0 Å². The molecule has 19 heavy (non-hydrogen) atoms. The molecule has 0 aliphatic rings. The molecule has 2 heteroatoms. The Morgan fingerprint density at radius 3 is 2.53 bits per heavy atom. The molecule has 0 amide bonds. The summed E-state index contributed by atoms with van der Waals surface area (Å²) in [5, 5.41) is 5.60. The van der Waals surface area contributed by atoms with Crippen LogP contribution in [0.1, 0.15) is 41.8 Å². The second kappa shape index (κ2) is 7.46. The van der Waals surface area contributed by atoms with Gasteiger partial charge in [0, 0.05) is 10.9 Å². The largest absolute Gasteiger partial charge is 0.313 e. The number of rotatable bonds is 7. The monoisotopic (exact) mass is 273 g/mol. The predicted octanol–water partition coefficient (Wildman–Crippen LogP) is 4.59. The number of hydrogen-bond acceptors (Lipinski definition) is 2. The zero-order valence-corrected chi connectivity index (χ0v) is 12.7. The van der Waals surface area contributed by atoms with E-state index in [1.165, 1.54) is 35.3 Å². The summed E-state index contributed by atoms with van der Waals surface area (Å²) in [6.45, 7) is 2.20. The molecule has 1 aromatic carbocycles. The van der Waals surface area contributed by atoms with Crippen molar-refractivity contribution in [2.75, 3.05) is 7.05 Å². The van der Waals surface area contributed by atoms with Crippen LogP contribution in [0.15, 0.2) is 41.8 Å². The summed E-state index contributed by atoms with van der Waals surface area (Å²) >= 11 is 1.86. The van der Waals surface area contributed by atoms with Gasteiger partial charge >= 0.3 is 0 Å². The molecule has 0 bridgehead atoms. The third kappa shape index (κ3) is 4.19. The van der Waals surface area contributed by atoms with E-state index < -0.39 is 0 Å². The minimum atomic E-state index is 0.478. The smallest absolute Gasteiger partial charge is 0.0317 e. The summed E-state index contributed by atoms with van der Waals surface area (Å²) in [6, 6.07) is 13.9. The first-order valence-corrected chi connectivity index (χ1v) is 8.00. The highest BCUT2D eigenvalue weighted by Crippen LogP contribution is 2.21. The van der Waals surface area contributed by atoms with Crippen LogP contribution in [0.25, 0.3) is 0 Å². The Bertz CT molecular complexity index is 459. The van der Waals surface area contributed by atoms with Gasteiger partial charge in [-0.15, -0.1) is 11.3 Å². The third-order valence-corrected chi connectivity index (χ3v) is 4.57. The first kappa shape index (κ1) is 14.3. The lowest BCUT2D eigenvalue weighted by Crippen LogP contribution is -2.16. The van der Waals surface area contributed by atoms with E-state index in [4.69, 9.17) is 0 Å². The van der Waals surface area contributed by atoms with Crippen LogP contribution < -0.4 is 5.32 Å². The van der Waals surface area contributed by atoms with Crippen LogP contribution in [0.5, 0.6) is 0 Å². The van der Waals surface area contributed by atoms with Crippen molar-refractivity contribution in [1.29, 1.82) is 0 Å². The Hall–Kier alpha value is -1.12. The number of thiophene rings is 1. The molecule has 1 nitrogen and oxygen atoms in total. The summed E-state index contributed by atoms with van der Waals surface area (Å²) < 4.78 is 0. The van der Waals surface area contributed by atoms with Gasteiger partial charge in [-0.05, 0) is 55.3 Å². The van der Waals surface area contributed by atoms with Crippen molar-refractivity contribution >= 4 is 11.3 Å². The van der Waals surface area contributed by atoms with Gasteiger partial charge in [0.1, 0.15) is 0 Å². The Morgan fingerprint density at radius 2 is 1.95 bits per heavy atom. The van der Waals surface area contributed by atoms with E-state index >= 15 is 0 Å². The lowest BCUT2D eigenvalue weighted by molar-refractivity contribution is 0.528. The average molecular weight is 273 g/mol. The van der Waals surface area contributed by atoms with Crippen molar-refractivity contribution in [3.05, 3.63) is 57.8 Å². The molecule has 1 atom stereocenters. The van der Waals surface area contributed by atoms with Gasteiger partial charge in [0.05, 0.1) is 0 Å². The Kier molecular flexibility index (Phi) is 5.62. The molecule has 0 saturated carbocycles. The zero-order chi connectivity index (χ0) is 13.5. The normalized spacial score (nSPS) is 12.5. The highest BCUT2D eigenvalue weighted by atomic mass is 32.1. The Morgan fingerprint density at radius 1 is 1.16 bits per heavy atom. The molecule has 2 aromatic rings. The Labute approximate surface area is 120 Å². The lowest BCUT2D eigenvalue weighted by atomic mass is 9.99. The maximum atomic E-state index is 3.44. The maximum absolute atomic E-state index is 3.44. The first-order chi connectivity index (χ1) is 9.33. The summed E-state index contributed by atoms with van der Waals surface area (Å²) in [5.41, 5.74) is 2.82. The van der Waals surface area contributed by atoms with Crippen LogP contribution in [0.4, 0.5) is 0 Å². The van der Waals surface area contributed by atoms with E-state index in [1.54, 1.807) is 0 Å². The molecule has 0 aliphatic carbocycles. The van der Waals surface area contributed by atoms with Gasteiger partial charge in [0.25, 0.3) is 0 Å². The van der Waals surface area contributed by atoms with Gasteiger partial charge in [-0.2, -0.15) is 0 Å². The van der Waals surface area contributed by atoms with Crippen LogP contribution in [0.2, 0.25) is 0 Å². The third-order valence-electron chi connectivity index (χ3n) is 3.63. The van der Waals surface area contributed by atoms with Gasteiger partial charge in [-0.25, -0.2) is 0 Å². The van der Waals surface area contributed by atoms with Gasteiger partial charge in [0.15, 0.2) is 0 Å². The number of benzene rings is 1.